The Balaban J connectivity index is 1.99. The minimum absolute atomic E-state index is 0.0490. The van der Waals surface area contributed by atoms with Crippen LogP contribution in [-0.4, -0.2) is 42.4 Å². The summed E-state index contributed by atoms with van der Waals surface area (Å²) in [6.45, 7) is 0. The molecule has 0 aromatic heterocycles. The number of carbonyl (C=O) groups excluding carboxylic acids is 1. The van der Waals surface area contributed by atoms with Crippen molar-refractivity contribution in [3.05, 3.63) is 29.8 Å². The van der Waals surface area contributed by atoms with Crippen molar-refractivity contribution in [3.8, 4) is 0 Å². The van der Waals surface area contributed by atoms with Gasteiger partial charge in [-0.1, -0.05) is 0 Å². The molecule has 1 N–H and O–H groups in total. The molecule has 1 fully saturated rings. The van der Waals surface area contributed by atoms with E-state index in [-0.39, 0.29) is 5.91 Å². The Morgan fingerprint density at radius 2 is 2.06 bits per heavy atom. The smallest absolute Gasteiger partial charge is 0.253 e. The predicted octanol–water partition coefficient (Wildman–Crippen LogP) is 2.31. The van der Waals surface area contributed by atoms with E-state index in [2.05, 4.69) is 5.32 Å². The monoisotopic (exact) mass is 250 g/mol. The first kappa shape index (κ1) is 12.3. The minimum Gasteiger partial charge on any atom is -0.381 e. The van der Waals surface area contributed by atoms with Gasteiger partial charge in [-0.15, -0.1) is 0 Å². The van der Waals surface area contributed by atoms with E-state index in [4.69, 9.17) is 0 Å². The molecule has 1 aromatic carbocycles. The maximum absolute atomic E-state index is 11.7. The molecule has 0 radical (unpaired) electrons. The van der Waals surface area contributed by atoms with Gasteiger partial charge < -0.3 is 10.2 Å². The van der Waals surface area contributed by atoms with E-state index < -0.39 is 0 Å². The highest BCUT2D eigenvalue weighted by Gasteiger charge is 2.15. The van der Waals surface area contributed by atoms with Crippen LogP contribution in [0.15, 0.2) is 24.3 Å². The van der Waals surface area contributed by atoms with Crippen LogP contribution in [0.1, 0.15) is 16.8 Å². The molecule has 0 spiro atoms. The number of nitrogens with zero attached hydrogens (tertiary/aromatic N) is 1. The first-order valence-electron chi connectivity index (χ1n) is 5.83. The van der Waals surface area contributed by atoms with E-state index in [0.717, 1.165) is 11.3 Å². The maximum atomic E-state index is 11.7. The van der Waals surface area contributed by atoms with Gasteiger partial charge in [0, 0.05) is 37.1 Å². The maximum Gasteiger partial charge on any atom is 0.253 e. The van der Waals surface area contributed by atoms with Gasteiger partial charge in [-0.05, 0) is 36.4 Å². The molecule has 0 aliphatic carbocycles. The van der Waals surface area contributed by atoms with Crippen LogP contribution in [-0.2, 0) is 0 Å². The highest BCUT2D eigenvalue weighted by atomic mass is 32.2. The fourth-order valence-electron chi connectivity index (χ4n) is 1.85. The summed E-state index contributed by atoms with van der Waals surface area (Å²) in [5, 5.41) is 3.49. The molecule has 1 aliphatic rings. The second kappa shape index (κ2) is 5.45. The normalized spacial score (nSPS) is 19.1. The average Bonchev–Trinajstić information content (AvgIpc) is 2.82. The third-order valence-electron chi connectivity index (χ3n) is 2.84. The fraction of sp³-hybridized carbons (Fsp3) is 0.462. The van der Waals surface area contributed by atoms with Crippen molar-refractivity contribution in [2.45, 2.75) is 12.5 Å². The molecule has 4 heteroatoms. The van der Waals surface area contributed by atoms with Crippen LogP contribution < -0.4 is 5.32 Å². The van der Waals surface area contributed by atoms with E-state index in [1.54, 1.807) is 19.0 Å². The second-order valence-corrected chi connectivity index (χ2v) is 5.63. The minimum atomic E-state index is 0.0490. The molecule has 1 aliphatic heterocycles. The molecular weight excluding hydrogens is 232 g/mol. The van der Waals surface area contributed by atoms with Crippen molar-refractivity contribution in [3.63, 3.8) is 0 Å². The van der Waals surface area contributed by atoms with Gasteiger partial charge in [0.2, 0.25) is 0 Å². The molecule has 3 nitrogen and oxygen atoms in total. The van der Waals surface area contributed by atoms with Crippen molar-refractivity contribution >= 4 is 23.4 Å². The standard InChI is InChI=1S/C13H18N2OS/c1-15(2)13(16)10-3-5-11(6-4-10)14-12-7-8-17-9-12/h3-6,12,14H,7-9H2,1-2H3. The summed E-state index contributed by atoms with van der Waals surface area (Å²) in [5.41, 5.74) is 1.84. The Bertz CT molecular complexity index is 383. The topological polar surface area (TPSA) is 32.3 Å². The molecule has 1 aromatic rings. The van der Waals surface area contributed by atoms with Crippen molar-refractivity contribution < 1.29 is 4.79 Å². The number of rotatable bonds is 3. The molecule has 1 atom stereocenters. The molecule has 1 heterocycles. The summed E-state index contributed by atoms with van der Waals surface area (Å²) >= 11 is 1.99. The highest BCUT2D eigenvalue weighted by Crippen LogP contribution is 2.21. The first-order valence-corrected chi connectivity index (χ1v) is 6.98. The van der Waals surface area contributed by atoms with Crippen LogP contribution in [0.3, 0.4) is 0 Å². The highest BCUT2D eigenvalue weighted by molar-refractivity contribution is 7.99. The number of hydrogen-bond donors (Lipinski definition) is 1. The SMILES string of the molecule is CN(C)C(=O)c1ccc(NC2CCSC2)cc1. The number of amides is 1. The molecule has 92 valence electrons. The zero-order valence-electron chi connectivity index (χ0n) is 10.3. The number of nitrogens with one attached hydrogen (secondary N) is 1. The van der Waals surface area contributed by atoms with Gasteiger partial charge in [-0.2, -0.15) is 11.8 Å². The summed E-state index contributed by atoms with van der Waals surface area (Å²) < 4.78 is 0. The molecule has 2 rings (SSSR count). The van der Waals surface area contributed by atoms with Gasteiger partial charge in [0.1, 0.15) is 0 Å². The number of thioether (sulfide) groups is 1. The van der Waals surface area contributed by atoms with Gasteiger partial charge in [0.15, 0.2) is 0 Å². The Kier molecular flexibility index (Phi) is 3.94. The first-order chi connectivity index (χ1) is 8.16. The average molecular weight is 250 g/mol. The van der Waals surface area contributed by atoms with Gasteiger partial charge in [-0.25, -0.2) is 0 Å². The summed E-state index contributed by atoms with van der Waals surface area (Å²) in [6, 6.07) is 8.31. The van der Waals surface area contributed by atoms with E-state index in [9.17, 15) is 4.79 Å². The van der Waals surface area contributed by atoms with Gasteiger partial charge in [0.25, 0.3) is 5.91 Å². The summed E-state index contributed by atoms with van der Waals surface area (Å²) in [6.07, 6.45) is 1.23. The summed E-state index contributed by atoms with van der Waals surface area (Å²) in [5.74, 6) is 2.47. The Morgan fingerprint density at radius 1 is 1.35 bits per heavy atom. The van der Waals surface area contributed by atoms with Gasteiger partial charge >= 0.3 is 0 Å². The Hall–Kier alpha value is -1.16. The molecule has 0 saturated carbocycles. The van der Waals surface area contributed by atoms with Crippen LogP contribution in [0.25, 0.3) is 0 Å². The van der Waals surface area contributed by atoms with Crippen molar-refractivity contribution in [1.29, 1.82) is 0 Å². The third-order valence-corrected chi connectivity index (χ3v) is 4.00. The predicted molar refractivity (Wildman–Crippen MR) is 73.8 cm³/mol. The fourth-order valence-corrected chi connectivity index (χ4v) is 3.00. The lowest BCUT2D eigenvalue weighted by molar-refractivity contribution is 0.0827. The lowest BCUT2D eigenvalue weighted by Gasteiger charge is -2.14. The van der Waals surface area contributed by atoms with Gasteiger partial charge in [-0.3, -0.25) is 4.79 Å². The van der Waals surface area contributed by atoms with Crippen LogP contribution in [0.4, 0.5) is 5.69 Å². The van der Waals surface area contributed by atoms with E-state index >= 15 is 0 Å². The van der Waals surface area contributed by atoms with Crippen molar-refractivity contribution in [2.24, 2.45) is 0 Å². The molecule has 1 saturated heterocycles. The largest absolute Gasteiger partial charge is 0.381 e. The molecule has 0 bridgehead atoms. The van der Waals surface area contributed by atoms with E-state index in [1.165, 1.54) is 17.9 Å². The van der Waals surface area contributed by atoms with Crippen molar-refractivity contribution in [2.75, 3.05) is 30.9 Å². The molecule has 1 unspecified atom stereocenters. The quantitative estimate of drug-likeness (QED) is 0.893. The van der Waals surface area contributed by atoms with Crippen molar-refractivity contribution in [1.82, 2.24) is 4.90 Å². The Morgan fingerprint density at radius 3 is 2.59 bits per heavy atom. The third kappa shape index (κ3) is 3.16. The zero-order chi connectivity index (χ0) is 12.3. The number of anilines is 1. The molecular formula is C13H18N2OS. The lowest BCUT2D eigenvalue weighted by atomic mass is 10.1. The number of benzene rings is 1. The zero-order valence-corrected chi connectivity index (χ0v) is 11.1. The van der Waals surface area contributed by atoms with Crippen LogP contribution in [0.2, 0.25) is 0 Å². The molecule has 17 heavy (non-hydrogen) atoms. The summed E-state index contributed by atoms with van der Waals surface area (Å²) in [7, 11) is 3.54. The van der Waals surface area contributed by atoms with Crippen LogP contribution in [0.5, 0.6) is 0 Å². The second-order valence-electron chi connectivity index (χ2n) is 4.48. The van der Waals surface area contributed by atoms with Crippen LogP contribution in [0, 0.1) is 0 Å². The summed E-state index contributed by atoms with van der Waals surface area (Å²) in [4.78, 5) is 13.3. The number of hydrogen-bond acceptors (Lipinski definition) is 3. The number of carbonyl (C=O) groups is 1. The van der Waals surface area contributed by atoms with Crippen LogP contribution >= 0.6 is 11.8 Å². The van der Waals surface area contributed by atoms with E-state index in [1.807, 2.05) is 36.0 Å². The van der Waals surface area contributed by atoms with E-state index in [0.29, 0.717) is 6.04 Å². The molecule has 1 amide bonds. The van der Waals surface area contributed by atoms with Gasteiger partial charge in [0.05, 0.1) is 0 Å². The Labute approximate surface area is 107 Å². The lowest BCUT2D eigenvalue weighted by Crippen LogP contribution is -2.22.